The Morgan fingerprint density at radius 3 is 2.77 bits per heavy atom. The number of hydrogen-bond donors (Lipinski definition) is 2. The Balaban J connectivity index is 2.05. The number of aromatic nitrogens is 3. The number of nitrogens with two attached hydrogens (primary N) is 1. The summed E-state index contributed by atoms with van der Waals surface area (Å²) < 4.78 is 1.55. The molecule has 6 nitrogen and oxygen atoms in total. The molecule has 0 unspecified atom stereocenters. The molecule has 0 saturated heterocycles. The summed E-state index contributed by atoms with van der Waals surface area (Å²) in [6, 6.07) is 8.05. The van der Waals surface area contributed by atoms with Crippen LogP contribution in [-0.4, -0.2) is 46.4 Å². The van der Waals surface area contributed by atoms with Crippen molar-refractivity contribution in [1.82, 2.24) is 14.9 Å². The number of nitrogens with zero attached hydrogens (tertiary/aromatic N) is 4. The summed E-state index contributed by atoms with van der Waals surface area (Å²) in [4.78, 5) is 2.04. The van der Waals surface area contributed by atoms with Crippen molar-refractivity contribution >= 4 is 17.4 Å². The van der Waals surface area contributed by atoms with Gasteiger partial charge in [-0.1, -0.05) is 30.3 Å². The molecule has 3 N–H and O–H groups in total. The highest BCUT2D eigenvalue weighted by Gasteiger charge is 2.12. The molecule has 0 radical (unpaired) electrons. The summed E-state index contributed by atoms with van der Waals surface area (Å²) in [5, 5.41) is 17.9. The molecule has 0 atom stereocenters. The normalized spacial score (nSPS) is 10.9. The second-order valence-electron chi connectivity index (χ2n) is 5.25. The third-order valence-corrected chi connectivity index (χ3v) is 4.35. The standard InChI is InChI=1S/C15H23N5OS/c1-19(2)13-8-6-7-12(11-13)14-17-18-15(20(14)16)22-10-5-3-4-9-21/h6-8,11,21H,3-5,9-10,16H2,1-2H3. The fourth-order valence-corrected chi connectivity index (χ4v) is 2.90. The zero-order valence-corrected chi connectivity index (χ0v) is 13.9. The van der Waals surface area contributed by atoms with Crippen molar-refractivity contribution in [1.29, 1.82) is 0 Å². The molecule has 0 bridgehead atoms. The number of benzene rings is 1. The lowest BCUT2D eigenvalue weighted by Crippen LogP contribution is -2.12. The lowest BCUT2D eigenvalue weighted by atomic mass is 10.2. The second kappa shape index (κ2) is 8.05. The SMILES string of the molecule is CN(C)c1cccc(-c2nnc(SCCCCCO)n2N)c1. The van der Waals surface area contributed by atoms with Crippen LogP contribution >= 0.6 is 11.8 Å². The molecule has 1 aromatic carbocycles. The Labute approximate surface area is 135 Å². The van der Waals surface area contributed by atoms with Crippen LogP contribution in [0.5, 0.6) is 0 Å². The molecule has 0 amide bonds. The van der Waals surface area contributed by atoms with Gasteiger partial charge in [0.1, 0.15) is 0 Å². The highest BCUT2D eigenvalue weighted by molar-refractivity contribution is 7.99. The summed E-state index contributed by atoms with van der Waals surface area (Å²) in [5.74, 6) is 7.71. The van der Waals surface area contributed by atoms with E-state index in [1.807, 2.05) is 43.3 Å². The number of rotatable bonds is 8. The van der Waals surface area contributed by atoms with Crippen LogP contribution in [-0.2, 0) is 0 Å². The molecule has 1 aromatic heterocycles. The molecule has 1 heterocycles. The Kier molecular flexibility index (Phi) is 6.09. The van der Waals surface area contributed by atoms with Crippen molar-refractivity contribution in [2.24, 2.45) is 0 Å². The van der Waals surface area contributed by atoms with Crippen LogP contribution in [0.3, 0.4) is 0 Å². The molecular formula is C15H23N5OS. The average Bonchev–Trinajstić information content (AvgIpc) is 2.88. The summed E-state index contributed by atoms with van der Waals surface area (Å²) in [6.45, 7) is 0.254. The van der Waals surface area contributed by atoms with Crippen LogP contribution in [0, 0.1) is 0 Å². The van der Waals surface area contributed by atoms with E-state index < -0.39 is 0 Å². The predicted molar refractivity (Wildman–Crippen MR) is 91.6 cm³/mol. The third-order valence-electron chi connectivity index (χ3n) is 3.32. The van der Waals surface area contributed by atoms with Gasteiger partial charge in [0.2, 0.25) is 5.16 Å². The van der Waals surface area contributed by atoms with Gasteiger partial charge in [0.05, 0.1) is 0 Å². The molecule has 0 spiro atoms. The van der Waals surface area contributed by atoms with Gasteiger partial charge in [0.25, 0.3) is 0 Å². The van der Waals surface area contributed by atoms with E-state index in [9.17, 15) is 0 Å². The van der Waals surface area contributed by atoms with E-state index in [0.29, 0.717) is 11.0 Å². The Bertz CT molecular complexity index is 599. The first-order valence-corrected chi connectivity index (χ1v) is 8.34. The van der Waals surface area contributed by atoms with Gasteiger partial charge in [-0.05, 0) is 25.0 Å². The highest BCUT2D eigenvalue weighted by Crippen LogP contribution is 2.25. The second-order valence-corrected chi connectivity index (χ2v) is 6.32. The molecule has 0 saturated carbocycles. The first kappa shape index (κ1) is 16.6. The largest absolute Gasteiger partial charge is 0.396 e. The van der Waals surface area contributed by atoms with Crippen LogP contribution in [0.2, 0.25) is 0 Å². The lowest BCUT2D eigenvalue weighted by molar-refractivity contribution is 0.284. The smallest absolute Gasteiger partial charge is 0.210 e. The predicted octanol–water partition coefficient (Wildman–Crippen LogP) is 1.98. The van der Waals surface area contributed by atoms with Gasteiger partial charge < -0.3 is 15.8 Å². The van der Waals surface area contributed by atoms with Gasteiger partial charge in [-0.2, -0.15) is 0 Å². The van der Waals surface area contributed by atoms with Crippen molar-refractivity contribution in [3.05, 3.63) is 24.3 Å². The monoisotopic (exact) mass is 321 g/mol. The molecule has 0 aliphatic carbocycles. The van der Waals surface area contributed by atoms with E-state index in [4.69, 9.17) is 10.9 Å². The Morgan fingerprint density at radius 2 is 2.05 bits per heavy atom. The van der Waals surface area contributed by atoms with E-state index >= 15 is 0 Å². The number of unbranched alkanes of at least 4 members (excludes halogenated alkanes) is 2. The van der Waals surface area contributed by atoms with Crippen LogP contribution in [0.4, 0.5) is 5.69 Å². The van der Waals surface area contributed by atoms with Crippen LogP contribution in [0.25, 0.3) is 11.4 Å². The molecule has 0 aliphatic rings. The molecule has 0 aliphatic heterocycles. The van der Waals surface area contributed by atoms with Crippen molar-refractivity contribution in [2.75, 3.05) is 37.2 Å². The van der Waals surface area contributed by atoms with Gasteiger partial charge in [0, 0.05) is 37.7 Å². The van der Waals surface area contributed by atoms with Crippen molar-refractivity contribution in [3.63, 3.8) is 0 Å². The molecule has 120 valence electrons. The lowest BCUT2D eigenvalue weighted by Gasteiger charge is -2.13. The summed E-state index contributed by atoms with van der Waals surface area (Å²) in [6.07, 6.45) is 2.89. The summed E-state index contributed by atoms with van der Waals surface area (Å²) in [5.41, 5.74) is 2.05. The van der Waals surface area contributed by atoms with Crippen molar-refractivity contribution < 1.29 is 5.11 Å². The fourth-order valence-electron chi connectivity index (χ4n) is 2.05. The summed E-state index contributed by atoms with van der Waals surface area (Å²) >= 11 is 1.60. The maximum Gasteiger partial charge on any atom is 0.210 e. The van der Waals surface area contributed by atoms with Gasteiger partial charge >= 0.3 is 0 Å². The van der Waals surface area contributed by atoms with Gasteiger partial charge in [-0.3, -0.25) is 0 Å². The maximum atomic E-state index is 8.76. The third kappa shape index (κ3) is 4.14. The van der Waals surface area contributed by atoms with Gasteiger partial charge in [-0.15, -0.1) is 10.2 Å². The minimum Gasteiger partial charge on any atom is -0.396 e. The van der Waals surface area contributed by atoms with Crippen molar-refractivity contribution in [2.45, 2.75) is 24.4 Å². The molecule has 7 heteroatoms. The number of hydrogen-bond acceptors (Lipinski definition) is 6. The maximum absolute atomic E-state index is 8.76. The number of anilines is 1. The van der Waals surface area contributed by atoms with Crippen LogP contribution < -0.4 is 10.7 Å². The Hall–Kier alpha value is -1.73. The number of aliphatic hydroxyl groups is 1. The van der Waals surface area contributed by atoms with E-state index in [0.717, 1.165) is 36.3 Å². The molecule has 0 fully saturated rings. The van der Waals surface area contributed by atoms with Crippen LogP contribution in [0.1, 0.15) is 19.3 Å². The first-order valence-electron chi connectivity index (χ1n) is 7.35. The van der Waals surface area contributed by atoms with Gasteiger partial charge in [0.15, 0.2) is 5.82 Å². The van der Waals surface area contributed by atoms with E-state index in [2.05, 4.69) is 10.2 Å². The number of nitrogen functional groups attached to an aromatic ring is 1. The summed E-state index contributed by atoms with van der Waals surface area (Å²) in [7, 11) is 4.00. The Morgan fingerprint density at radius 1 is 1.23 bits per heavy atom. The first-order chi connectivity index (χ1) is 10.6. The van der Waals surface area contributed by atoms with E-state index in [1.165, 1.54) is 0 Å². The highest BCUT2D eigenvalue weighted by atomic mass is 32.2. The average molecular weight is 321 g/mol. The zero-order chi connectivity index (χ0) is 15.9. The molecule has 22 heavy (non-hydrogen) atoms. The quantitative estimate of drug-likeness (QED) is 0.440. The fraction of sp³-hybridized carbons (Fsp3) is 0.467. The minimum atomic E-state index is 0.254. The molecular weight excluding hydrogens is 298 g/mol. The molecule has 2 rings (SSSR count). The number of aliphatic hydroxyl groups excluding tert-OH is 1. The van der Waals surface area contributed by atoms with Gasteiger partial charge in [-0.25, -0.2) is 4.68 Å². The van der Waals surface area contributed by atoms with Crippen LogP contribution in [0.15, 0.2) is 29.4 Å². The molecule has 2 aromatic rings. The van der Waals surface area contributed by atoms with E-state index in [-0.39, 0.29) is 6.61 Å². The van der Waals surface area contributed by atoms with E-state index in [1.54, 1.807) is 16.4 Å². The van der Waals surface area contributed by atoms with Crippen molar-refractivity contribution in [3.8, 4) is 11.4 Å². The minimum absolute atomic E-state index is 0.254. The topological polar surface area (TPSA) is 80.2 Å². The zero-order valence-electron chi connectivity index (χ0n) is 13.1. The number of thioether (sulfide) groups is 1.